The standard InChI is InChI=1S/C10H15N3O2S/c14-16(15,10-3-7-12-8-4-10)13-9-1-5-11-6-2-9/h1-2,5-6,10,12H,3-4,7-8H2,(H,11,13). The molecule has 2 N–H and O–H groups in total. The van der Waals surface area contributed by atoms with E-state index in [1.54, 1.807) is 24.5 Å². The maximum Gasteiger partial charge on any atom is 0.235 e. The van der Waals surface area contributed by atoms with Crippen LogP contribution in [0.15, 0.2) is 24.5 Å². The van der Waals surface area contributed by atoms with Gasteiger partial charge in [-0.25, -0.2) is 8.42 Å². The van der Waals surface area contributed by atoms with Crippen LogP contribution in [-0.2, 0) is 10.0 Å². The number of piperidine rings is 1. The summed E-state index contributed by atoms with van der Waals surface area (Å²) in [6.07, 6.45) is 4.47. The number of rotatable bonds is 3. The molecule has 1 aromatic rings. The predicted molar refractivity (Wildman–Crippen MR) is 62.7 cm³/mol. The van der Waals surface area contributed by atoms with Crippen molar-refractivity contribution >= 4 is 15.7 Å². The molecule has 0 atom stereocenters. The Kier molecular flexibility index (Phi) is 3.40. The van der Waals surface area contributed by atoms with E-state index in [4.69, 9.17) is 0 Å². The molecule has 0 spiro atoms. The molecule has 0 aliphatic carbocycles. The van der Waals surface area contributed by atoms with Gasteiger partial charge >= 0.3 is 0 Å². The summed E-state index contributed by atoms with van der Waals surface area (Å²) < 4.78 is 26.6. The number of hydrogen-bond acceptors (Lipinski definition) is 4. The van der Waals surface area contributed by atoms with E-state index in [2.05, 4.69) is 15.0 Å². The summed E-state index contributed by atoms with van der Waals surface area (Å²) in [4.78, 5) is 3.84. The Hall–Kier alpha value is -1.14. The molecule has 16 heavy (non-hydrogen) atoms. The number of hydrogen-bond donors (Lipinski definition) is 2. The molecule has 5 nitrogen and oxygen atoms in total. The lowest BCUT2D eigenvalue weighted by Gasteiger charge is -2.23. The molecular weight excluding hydrogens is 226 g/mol. The topological polar surface area (TPSA) is 71.1 Å². The summed E-state index contributed by atoms with van der Waals surface area (Å²) >= 11 is 0. The molecule has 1 aliphatic rings. The van der Waals surface area contributed by atoms with Gasteiger partial charge in [0.05, 0.1) is 10.9 Å². The molecule has 1 aromatic heterocycles. The summed E-state index contributed by atoms with van der Waals surface area (Å²) in [7, 11) is -3.25. The molecule has 0 aromatic carbocycles. The lowest BCUT2D eigenvalue weighted by atomic mass is 10.2. The second kappa shape index (κ2) is 4.80. The predicted octanol–water partition coefficient (Wildman–Crippen LogP) is 0.575. The van der Waals surface area contributed by atoms with E-state index in [1.807, 2.05) is 0 Å². The van der Waals surface area contributed by atoms with Gasteiger partial charge in [-0.05, 0) is 38.1 Å². The quantitative estimate of drug-likeness (QED) is 0.812. The Morgan fingerprint density at radius 2 is 1.88 bits per heavy atom. The molecule has 2 heterocycles. The zero-order valence-corrected chi connectivity index (χ0v) is 9.70. The monoisotopic (exact) mass is 241 g/mol. The summed E-state index contributed by atoms with van der Waals surface area (Å²) in [6.45, 7) is 1.53. The molecule has 0 amide bonds. The molecule has 1 aliphatic heterocycles. The van der Waals surface area contributed by atoms with E-state index in [9.17, 15) is 8.42 Å². The Balaban J connectivity index is 2.08. The highest BCUT2D eigenvalue weighted by Gasteiger charge is 2.26. The Morgan fingerprint density at radius 1 is 1.25 bits per heavy atom. The van der Waals surface area contributed by atoms with E-state index >= 15 is 0 Å². The van der Waals surface area contributed by atoms with Gasteiger partial charge in [0.25, 0.3) is 0 Å². The second-order valence-electron chi connectivity index (χ2n) is 3.83. The first-order chi connectivity index (χ1) is 7.68. The number of anilines is 1. The van der Waals surface area contributed by atoms with Crippen LogP contribution in [0.3, 0.4) is 0 Å². The third-order valence-electron chi connectivity index (χ3n) is 2.67. The van der Waals surface area contributed by atoms with Gasteiger partial charge in [-0.3, -0.25) is 9.71 Å². The fourth-order valence-electron chi connectivity index (χ4n) is 1.77. The smallest absolute Gasteiger partial charge is 0.235 e. The summed E-state index contributed by atoms with van der Waals surface area (Å²) in [5.41, 5.74) is 0.577. The number of nitrogens with one attached hydrogen (secondary N) is 2. The van der Waals surface area contributed by atoms with Crippen molar-refractivity contribution in [1.29, 1.82) is 0 Å². The average molecular weight is 241 g/mol. The zero-order chi connectivity index (χ0) is 11.4. The highest BCUT2D eigenvalue weighted by atomic mass is 32.2. The van der Waals surface area contributed by atoms with Crippen molar-refractivity contribution < 1.29 is 8.42 Å². The number of nitrogens with zero attached hydrogens (tertiary/aromatic N) is 1. The summed E-state index contributed by atoms with van der Waals surface area (Å²) in [6, 6.07) is 3.30. The maximum atomic E-state index is 12.0. The lowest BCUT2D eigenvalue weighted by Crippen LogP contribution is -2.38. The van der Waals surface area contributed by atoms with Crippen molar-refractivity contribution in [2.45, 2.75) is 18.1 Å². The summed E-state index contributed by atoms with van der Waals surface area (Å²) in [5.74, 6) is 0. The van der Waals surface area contributed by atoms with Crippen molar-refractivity contribution in [1.82, 2.24) is 10.3 Å². The fourth-order valence-corrected chi connectivity index (χ4v) is 3.26. The fraction of sp³-hybridized carbons (Fsp3) is 0.500. The molecule has 0 radical (unpaired) electrons. The van der Waals surface area contributed by atoms with Crippen molar-refractivity contribution in [3.63, 3.8) is 0 Å². The number of aromatic nitrogens is 1. The third kappa shape index (κ3) is 2.70. The molecule has 0 bridgehead atoms. The van der Waals surface area contributed by atoms with E-state index in [0.717, 1.165) is 13.1 Å². The second-order valence-corrected chi connectivity index (χ2v) is 5.79. The minimum Gasteiger partial charge on any atom is -0.317 e. The normalized spacial score (nSPS) is 18.2. The van der Waals surface area contributed by atoms with E-state index in [-0.39, 0.29) is 5.25 Å². The minimum absolute atomic E-state index is 0.290. The zero-order valence-electron chi connectivity index (χ0n) is 8.89. The maximum absolute atomic E-state index is 12.0. The van der Waals surface area contributed by atoms with Gasteiger partial charge in [-0.2, -0.15) is 0 Å². The van der Waals surface area contributed by atoms with Crippen molar-refractivity contribution in [3.05, 3.63) is 24.5 Å². The first-order valence-electron chi connectivity index (χ1n) is 5.31. The van der Waals surface area contributed by atoms with Crippen LogP contribution in [0, 0.1) is 0 Å². The minimum atomic E-state index is -3.25. The van der Waals surface area contributed by atoms with Crippen LogP contribution in [0.5, 0.6) is 0 Å². The highest BCUT2D eigenvalue weighted by molar-refractivity contribution is 7.93. The van der Waals surface area contributed by atoms with Gasteiger partial charge in [0.2, 0.25) is 10.0 Å². The van der Waals surface area contributed by atoms with Crippen molar-refractivity contribution in [3.8, 4) is 0 Å². The van der Waals surface area contributed by atoms with Crippen LogP contribution in [-0.4, -0.2) is 31.7 Å². The van der Waals surface area contributed by atoms with E-state index < -0.39 is 10.0 Å². The van der Waals surface area contributed by atoms with Crippen LogP contribution in [0.25, 0.3) is 0 Å². The van der Waals surface area contributed by atoms with Gasteiger partial charge in [0, 0.05) is 12.4 Å². The van der Waals surface area contributed by atoms with Gasteiger partial charge in [-0.1, -0.05) is 0 Å². The molecule has 88 valence electrons. The molecule has 1 fully saturated rings. The Bertz CT molecular complexity index is 427. The van der Waals surface area contributed by atoms with Crippen LogP contribution in [0.1, 0.15) is 12.8 Å². The van der Waals surface area contributed by atoms with Crippen LogP contribution >= 0.6 is 0 Å². The number of sulfonamides is 1. The Morgan fingerprint density at radius 3 is 2.50 bits per heavy atom. The Labute approximate surface area is 95.3 Å². The molecule has 2 rings (SSSR count). The third-order valence-corrected chi connectivity index (χ3v) is 4.53. The average Bonchev–Trinajstić information content (AvgIpc) is 2.31. The largest absolute Gasteiger partial charge is 0.317 e. The van der Waals surface area contributed by atoms with Gasteiger partial charge in [0.15, 0.2) is 0 Å². The first-order valence-corrected chi connectivity index (χ1v) is 6.85. The number of pyridine rings is 1. The van der Waals surface area contributed by atoms with E-state index in [0.29, 0.717) is 18.5 Å². The van der Waals surface area contributed by atoms with Crippen LogP contribution in [0.4, 0.5) is 5.69 Å². The molecule has 6 heteroatoms. The van der Waals surface area contributed by atoms with Gasteiger partial charge in [0.1, 0.15) is 0 Å². The SMILES string of the molecule is O=S(=O)(Nc1ccncc1)C1CCNCC1. The van der Waals surface area contributed by atoms with Crippen molar-refractivity contribution in [2.75, 3.05) is 17.8 Å². The van der Waals surface area contributed by atoms with Crippen LogP contribution < -0.4 is 10.0 Å². The van der Waals surface area contributed by atoms with Gasteiger partial charge < -0.3 is 5.32 Å². The molecule has 0 unspecified atom stereocenters. The van der Waals surface area contributed by atoms with Crippen LogP contribution in [0.2, 0.25) is 0 Å². The highest BCUT2D eigenvalue weighted by Crippen LogP contribution is 2.16. The van der Waals surface area contributed by atoms with Crippen molar-refractivity contribution in [2.24, 2.45) is 0 Å². The molecular formula is C10H15N3O2S. The van der Waals surface area contributed by atoms with E-state index in [1.165, 1.54) is 0 Å². The summed E-state index contributed by atoms with van der Waals surface area (Å²) in [5, 5.41) is 2.86. The first kappa shape index (κ1) is 11.3. The van der Waals surface area contributed by atoms with Gasteiger partial charge in [-0.15, -0.1) is 0 Å². The molecule has 1 saturated heterocycles. The lowest BCUT2D eigenvalue weighted by molar-refractivity contribution is 0.499. The molecule has 0 saturated carbocycles.